The van der Waals surface area contributed by atoms with Crippen LogP contribution in [0.3, 0.4) is 0 Å². The van der Waals surface area contributed by atoms with Crippen molar-refractivity contribution in [2.75, 3.05) is 30.3 Å². The Balaban J connectivity index is 1.53. The van der Waals surface area contributed by atoms with E-state index in [0.717, 1.165) is 50.1 Å². The number of nitrogens with zero attached hydrogens (tertiary/aromatic N) is 1. The molecule has 1 aliphatic carbocycles. The smallest absolute Gasteiger partial charge is 0.241 e. The van der Waals surface area contributed by atoms with E-state index in [1.54, 1.807) is 0 Å². The average molecular weight is 341 g/mol. The summed E-state index contributed by atoms with van der Waals surface area (Å²) in [5.74, 6) is 0.492. The topological polar surface area (TPSA) is 61.4 Å². The number of piperidine rings is 1. The Bertz CT molecular complexity index is 636. The highest BCUT2D eigenvalue weighted by molar-refractivity contribution is 5.95. The molecule has 0 saturated carbocycles. The quantitative estimate of drug-likeness (QED) is 0.780. The van der Waals surface area contributed by atoms with Crippen LogP contribution in [0.5, 0.6) is 0 Å². The fourth-order valence-corrected chi connectivity index (χ4v) is 3.48. The summed E-state index contributed by atoms with van der Waals surface area (Å²) in [5, 5.41) is 6.17. The second-order valence-corrected chi connectivity index (χ2v) is 6.86. The number of anilines is 2. The van der Waals surface area contributed by atoms with Gasteiger partial charge in [0.25, 0.3) is 0 Å². The Morgan fingerprint density at radius 1 is 1.08 bits per heavy atom. The number of para-hydroxylation sites is 2. The number of hydrogen-bond acceptors (Lipinski definition) is 3. The van der Waals surface area contributed by atoms with Crippen LogP contribution in [0.2, 0.25) is 0 Å². The maximum atomic E-state index is 12.3. The van der Waals surface area contributed by atoms with Gasteiger partial charge >= 0.3 is 0 Å². The number of carbonyl (C=O) groups excluding carboxylic acids is 2. The molecule has 2 amide bonds. The zero-order chi connectivity index (χ0) is 17.5. The third kappa shape index (κ3) is 5.08. The van der Waals surface area contributed by atoms with Crippen LogP contribution in [-0.4, -0.2) is 36.3 Å². The highest BCUT2D eigenvalue weighted by atomic mass is 16.2. The monoisotopic (exact) mass is 341 g/mol. The van der Waals surface area contributed by atoms with Crippen molar-refractivity contribution < 1.29 is 9.59 Å². The second-order valence-electron chi connectivity index (χ2n) is 6.86. The minimum absolute atomic E-state index is 0.0214. The summed E-state index contributed by atoms with van der Waals surface area (Å²) in [5.41, 5.74) is 1.53. The lowest BCUT2D eigenvalue weighted by molar-refractivity contribution is -0.130. The third-order valence-corrected chi connectivity index (χ3v) is 4.90. The minimum atomic E-state index is 0.0214. The molecule has 1 aromatic rings. The molecule has 1 fully saturated rings. The fourth-order valence-electron chi connectivity index (χ4n) is 3.48. The molecule has 0 spiro atoms. The number of amides is 2. The SMILES string of the molecule is O=C(CC1C=CCC1)Nc1ccccc1NCC(=O)N1CCCCC1. The van der Waals surface area contributed by atoms with Crippen LogP contribution < -0.4 is 10.6 Å². The number of benzene rings is 1. The van der Waals surface area contributed by atoms with Crippen LogP contribution >= 0.6 is 0 Å². The van der Waals surface area contributed by atoms with E-state index >= 15 is 0 Å². The van der Waals surface area contributed by atoms with E-state index in [9.17, 15) is 9.59 Å². The molecular formula is C20H27N3O2. The summed E-state index contributed by atoms with van der Waals surface area (Å²) < 4.78 is 0. The fraction of sp³-hybridized carbons (Fsp3) is 0.500. The van der Waals surface area contributed by atoms with E-state index in [4.69, 9.17) is 0 Å². The summed E-state index contributed by atoms with van der Waals surface area (Å²) >= 11 is 0. The van der Waals surface area contributed by atoms with Crippen molar-refractivity contribution in [1.29, 1.82) is 0 Å². The molecule has 1 aliphatic heterocycles. The van der Waals surface area contributed by atoms with E-state index in [-0.39, 0.29) is 18.4 Å². The molecule has 134 valence electrons. The highest BCUT2D eigenvalue weighted by Gasteiger charge is 2.17. The van der Waals surface area contributed by atoms with Crippen LogP contribution in [0.4, 0.5) is 11.4 Å². The molecule has 0 radical (unpaired) electrons. The van der Waals surface area contributed by atoms with Gasteiger partial charge in [0, 0.05) is 19.5 Å². The molecule has 5 heteroatoms. The van der Waals surface area contributed by atoms with E-state index in [0.29, 0.717) is 12.3 Å². The number of likely N-dealkylation sites (tertiary alicyclic amines) is 1. The number of nitrogens with one attached hydrogen (secondary N) is 2. The Morgan fingerprint density at radius 2 is 1.84 bits per heavy atom. The largest absolute Gasteiger partial charge is 0.374 e. The minimum Gasteiger partial charge on any atom is -0.374 e. The van der Waals surface area contributed by atoms with Crippen molar-refractivity contribution in [3.8, 4) is 0 Å². The van der Waals surface area contributed by atoms with Crippen LogP contribution in [0, 0.1) is 5.92 Å². The van der Waals surface area contributed by atoms with Gasteiger partial charge in [-0.25, -0.2) is 0 Å². The van der Waals surface area contributed by atoms with Gasteiger partial charge in [-0.05, 0) is 50.2 Å². The Hall–Kier alpha value is -2.30. The van der Waals surface area contributed by atoms with Gasteiger partial charge in [-0.3, -0.25) is 9.59 Å². The summed E-state index contributed by atoms with van der Waals surface area (Å²) in [6.07, 6.45) is 10.3. The van der Waals surface area contributed by atoms with E-state index < -0.39 is 0 Å². The van der Waals surface area contributed by atoms with Gasteiger partial charge in [-0.1, -0.05) is 24.3 Å². The first-order valence-corrected chi connectivity index (χ1v) is 9.29. The number of rotatable bonds is 6. The van der Waals surface area contributed by atoms with Crippen LogP contribution in [0.15, 0.2) is 36.4 Å². The van der Waals surface area contributed by atoms with Gasteiger partial charge in [-0.15, -0.1) is 0 Å². The maximum absolute atomic E-state index is 12.3. The number of hydrogen-bond donors (Lipinski definition) is 2. The summed E-state index contributed by atoms with van der Waals surface area (Å²) in [4.78, 5) is 26.5. The molecule has 25 heavy (non-hydrogen) atoms. The van der Waals surface area contributed by atoms with Gasteiger partial charge in [0.05, 0.1) is 17.9 Å². The van der Waals surface area contributed by atoms with Gasteiger partial charge in [0.15, 0.2) is 0 Å². The van der Waals surface area contributed by atoms with Gasteiger partial charge in [0.2, 0.25) is 11.8 Å². The summed E-state index contributed by atoms with van der Waals surface area (Å²) in [6, 6.07) is 7.57. The Morgan fingerprint density at radius 3 is 2.56 bits per heavy atom. The summed E-state index contributed by atoms with van der Waals surface area (Å²) in [7, 11) is 0. The first-order valence-electron chi connectivity index (χ1n) is 9.29. The maximum Gasteiger partial charge on any atom is 0.241 e. The predicted molar refractivity (Wildman–Crippen MR) is 100 cm³/mol. The lowest BCUT2D eigenvalue weighted by Gasteiger charge is -2.27. The third-order valence-electron chi connectivity index (χ3n) is 4.90. The standard InChI is InChI=1S/C20H27N3O2/c24-19(14-16-8-2-3-9-16)22-18-11-5-4-10-17(18)21-15-20(25)23-12-6-1-7-13-23/h2,4-5,8,10-11,16,21H,1,3,6-7,9,12-15H2,(H,22,24). The lowest BCUT2D eigenvalue weighted by atomic mass is 10.0. The van der Waals surface area contributed by atoms with Gasteiger partial charge in [0.1, 0.15) is 0 Å². The predicted octanol–water partition coefficient (Wildman–Crippen LogP) is 3.41. The lowest BCUT2D eigenvalue weighted by Crippen LogP contribution is -2.39. The molecule has 2 N–H and O–H groups in total. The molecule has 1 heterocycles. The van der Waals surface area contributed by atoms with Crippen molar-refractivity contribution in [3.05, 3.63) is 36.4 Å². The van der Waals surface area contributed by atoms with Crippen molar-refractivity contribution in [2.24, 2.45) is 5.92 Å². The van der Waals surface area contributed by atoms with Crippen LogP contribution in [0.25, 0.3) is 0 Å². The first-order chi connectivity index (χ1) is 12.2. The molecule has 0 bridgehead atoms. The number of allylic oxidation sites excluding steroid dienone is 2. The molecular weight excluding hydrogens is 314 g/mol. The van der Waals surface area contributed by atoms with E-state index in [1.807, 2.05) is 29.2 Å². The zero-order valence-electron chi connectivity index (χ0n) is 14.7. The second kappa shape index (κ2) is 8.70. The molecule has 3 rings (SSSR count). The van der Waals surface area contributed by atoms with E-state index in [2.05, 4.69) is 22.8 Å². The first kappa shape index (κ1) is 17.5. The molecule has 0 aromatic heterocycles. The van der Waals surface area contributed by atoms with Crippen molar-refractivity contribution in [2.45, 2.75) is 38.5 Å². The van der Waals surface area contributed by atoms with Crippen LogP contribution in [-0.2, 0) is 9.59 Å². The molecule has 1 aromatic carbocycles. The molecule has 1 saturated heterocycles. The highest BCUT2D eigenvalue weighted by Crippen LogP contribution is 2.24. The molecule has 5 nitrogen and oxygen atoms in total. The van der Waals surface area contributed by atoms with Crippen LogP contribution in [0.1, 0.15) is 38.5 Å². The molecule has 1 atom stereocenters. The molecule has 2 aliphatic rings. The average Bonchev–Trinajstić information content (AvgIpc) is 3.14. The van der Waals surface area contributed by atoms with Crippen molar-refractivity contribution >= 4 is 23.2 Å². The Kier molecular flexibility index (Phi) is 6.09. The van der Waals surface area contributed by atoms with Gasteiger partial charge < -0.3 is 15.5 Å². The van der Waals surface area contributed by atoms with Crippen molar-refractivity contribution in [1.82, 2.24) is 4.90 Å². The number of carbonyl (C=O) groups is 2. The zero-order valence-corrected chi connectivity index (χ0v) is 14.7. The summed E-state index contributed by atoms with van der Waals surface area (Å²) in [6.45, 7) is 1.97. The normalized spacial score (nSPS) is 19.7. The molecule has 1 unspecified atom stereocenters. The Labute approximate surface area is 149 Å². The van der Waals surface area contributed by atoms with Gasteiger partial charge in [-0.2, -0.15) is 0 Å². The van der Waals surface area contributed by atoms with Crippen molar-refractivity contribution in [3.63, 3.8) is 0 Å². The van der Waals surface area contributed by atoms with E-state index in [1.165, 1.54) is 6.42 Å².